The highest BCUT2D eigenvalue weighted by Gasteiger charge is 2.07. The van der Waals surface area contributed by atoms with Crippen LogP contribution >= 0.6 is 23.2 Å². The first-order valence-electron chi connectivity index (χ1n) is 4.55. The number of rotatable bonds is 5. The van der Waals surface area contributed by atoms with E-state index in [1.54, 1.807) is 7.11 Å². The number of hydrogen-bond donors (Lipinski definition) is 0. The molecule has 0 amide bonds. The number of hydrogen-bond acceptors (Lipinski definition) is 1. The molecule has 0 radical (unpaired) electrons. The zero-order valence-corrected chi connectivity index (χ0v) is 9.68. The summed E-state index contributed by atoms with van der Waals surface area (Å²) < 4.78 is 5.08. The van der Waals surface area contributed by atoms with Crippen molar-refractivity contribution in [3.05, 3.63) is 34.9 Å². The standard InChI is InChI=1S/C11H14Cl2O/c1-14-8-10(7-12)6-9-2-4-11(13)5-3-9/h2-5,10H,6-8H2,1H3. The van der Waals surface area contributed by atoms with Gasteiger partial charge in [-0.3, -0.25) is 0 Å². The summed E-state index contributed by atoms with van der Waals surface area (Å²) in [6.45, 7) is 0.701. The minimum Gasteiger partial charge on any atom is -0.384 e. The van der Waals surface area contributed by atoms with E-state index >= 15 is 0 Å². The van der Waals surface area contributed by atoms with Gasteiger partial charge in [0.25, 0.3) is 0 Å². The molecule has 0 aliphatic rings. The summed E-state index contributed by atoms with van der Waals surface area (Å²) in [4.78, 5) is 0. The fraction of sp³-hybridized carbons (Fsp3) is 0.455. The number of ether oxygens (including phenoxy) is 1. The molecule has 14 heavy (non-hydrogen) atoms. The maximum atomic E-state index is 5.82. The van der Waals surface area contributed by atoms with E-state index in [0.717, 1.165) is 11.4 Å². The Kier molecular flexibility index (Phi) is 5.31. The lowest BCUT2D eigenvalue weighted by Gasteiger charge is -2.12. The maximum absolute atomic E-state index is 5.82. The fourth-order valence-electron chi connectivity index (χ4n) is 1.35. The molecule has 0 fully saturated rings. The molecule has 0 saturated carbocycles. The third-order valence-electron chi connectivity index (χ3n) is 2.06. The van der Waals surface area contributed by atoms with E-state index in [0.29, 0.717) is 18.4 Å². The van der Waals surface area contributed by atoms with Crippen LogP contribution in [0.3, 0.4) is 0 Å². The van der Waals surface area contributed by atoms with Crippen LogP contribution in [-0.4, -0.2) is 19.6 Å². The van der Waals surface area contributed by atoms with Crippen LogP contribution in [0.5, 0.6) is 0 Å². The Morgan fingerprint density at radius 2 is 1.93 bits per heavy atom. The highest BCUT2D eigenvalue weighted by atomic mass is 35.5. The SMILES string of the molecule is COCC(CCl)Cc1ccc(Cl)cc1. The molecule has 0 saturated heterocycles. The Labute approximate surface area is 95.0 Å². The largest absolute Gasteiger partial charge is 0.384 e. The second kappa shape index (κ2) is 6.28. The lowest BCUT2D eigenvalue weighted by atomic mass is 10.0. The van der Waals surface area contributed by atoms with E-state index in [1.807, 2.05) is 24.3 Å². The average molecular weight is 233 g/mol. The van der Waals surface area contributed by atoms with Crippen molar-refractivity contribution in [1.29, 1.82) is 0 Å². The molecule has 1 nitrogen and oxygen atoms in total. The van der Waals surface area contributed by atoms with Crippen LogP contribution in [0.2, 0.25) is 5.02 Å². The van der Waals surface area contributed by atoms with Crippen LogP contribution in [0.15, 0.2) is 24.3 Å². The first kappa shape index (κ1) is 11.8. The van der Waals surface area contributed by atoms with Crippen molar-refractivity contribution < 1.29 is 4.74 Å². The lowest BCUT2D eigenvalue weighted by molar-refractivity contribution is 0.161. The summed E-state index contributed by atoms with van der Waals surface area (Å²) >= 11 is 11.6. The van der Waals surface area contributed by atoms with Crippen molar-refractivity contribution in [1.82, 2.24) is 0 Å². The molecule has 3 heteroatoms. The van der Waals surface area contributed by atoms with E-state index in [2.05, 4.69) is 0 Å². The molecule has 0 aliphatic heterocycles. The normalized spacial score (nSPS) is 12.8. The summed E-state index contributed by atoms with van der Waals surface area (Å²) in [5.41, 5.74) is 1.25. The summed E-state index contributed by atoms with van der Waals surface area (Å²) in [5, 5.41) is 0.767. The van der Waals surface area contributed by atoms with E-state index in [1.165, 1.54) is 5.56 Å². The molecule has 1 aromatic carbocycles. The number of halogens is 2. The Bertz CT molecular complexity index is 258. The predicted octanol–water partition coefficient (Wildman–Crippen LogP) is 3.38. The second-order valence-corrected chi connectivity index (χ2v) is 4.05. The van der Waals surface area contributed by atoms with Crippen molar-refractivity contribution >= 4 is 23.2 Å². The Morgan fingerprint density at radius 3 is 2.43 bits per heavy atom. The molecule has 0 aromatic heterocycles. The van der Waals surface area contributed by atoms with E-state index in [4.69, 9.17) is 27.9 Å². The first-order valence-corrected chi connectivity index (χ1v) is 5.47. The first-order chi connectivity index (χ1) is 6.76. The van der Waals surface area contributed by atoms with Crippen molar-refractivity contribution in [3.63, 3.8) is 0 Å². The maximum Gasteiger partial charge on any atom is 0.0505 e. The molecule has 1 unspecified atom stereocenters. The van der Waals surface area contributed by atoms with Gasteiger partial charge in [-0.05, 0) is 30.0 Å². The van der Waals surface area contributed by atoms with Gasteiger partial charge in [0.05, 0.1) is 6.61 Å². The van der Waals surface area contributed by atoms with Gasteiger partial charge in [-0.1, -0.05) is 23.7 Å². The molecule has 1 rings (SSSR count). The zero-order valence-electron chi connectivity index (χ0n) is 8.17. The van der Waals surface area contributed by atoms with Crippen LogP contribution in [0.1, 0.15) is 5.56 Å². The highest BCUT2D eigenvalue weighted by molar-refractivity contribution is 6.30. The minimum absolute atomic E-state index is 0.378. The third kappa shape index (κ3) is 3.87. The van der Waals surface area contributed by atoms with Crippen LogP contribution in [0.4, 0.5) is 0 Å². The van der Waals surface area contributed by atoms with E-state index in [-0.39, 0.29) is 0 Å². The Morgan fingerprint density at radius 1 is 1.29 bits per heavy atom. The van der Waals surface area contributed by atoms with Crippen LogP contribution in [-0.2, 0) is 11.2 Å². The molecule has 0 N–H and O–H groups in total. The van der Waals surface area contributed by atoms with E-state index < -0.39 is 0 Å². The van der Waals surface area contributed by atoms with Gasteiger partial charge in [0.2, 0.25) is 0 Å². The fourth-order valence-corrected chi connectivity index (χ4v) is 1.67. The summed E-state index contributed by atoms with van der Waals surface area (Å²) in [7, 11) is 1.70. The Hall–Kier alpha value is -0.240. The topological polar surface area (TPSA) is 9.23 Å². The smallest absolute Gasteiger partial charge is 0.0505 e. The lowest BCUT2D eigenvalue weighted by Crippen LogP contribution is -2.12. The quantitative estimate of drug-likeness (QED) is 0.708. The van der Waals surface area contributed by atoms with Gasteiger partial charge in [-0.25, -0.2) is 0 Å². The summed E-state index contributed by atoms with van der Waals surface area (Å²) in [5.74, 6) is 0.999. The average Bonchev–Trinajstić information content (AvgIpc) is 2.20. The number of benzene rings is 1. The molecule has 1 atom stereocenters. The van der Waals surface area contributed by atoms with Gasteiger partial charge in [0.15, 0.2) is 0 Å². The zero-order chi connectivity index (χ0) is 10.4. The number of methoxy groups -OCH3 is 1. The molecule has 78 valence electrons. The second-order valence-electron chi connectivity index (χ2n) is 3.31. The van der Waals surface area contributed by atoms with Crippen molar-refractivity contribution in [2.45, 2.75) is 6.42 Å². The molecular weight excluding hydrogens is 219 g/mol. The van der Waals surface area contributed by atoms with Gasteiger partial charge in [-0.15, -0.1) is 11.6 Å². The summed E-state index contributed by atoms with van der Waals surface area (Å²) in [6, 6.07) is 7.85. The highest BCUT2D eigenvalue weighted by Crippen LogP contribution is 2.14. The van der Waals surface area contributed by atoms with Crippen molar-refractivity contribution in [3.8, 4) is 0 Å². The van der Waals surface area contributed by atoms with Gasteiger partial charge in [-0.2, -0.15) is 0 Å². The Balaban J connectivity index is 2.53. The summed E-state index contributed by atoms with van der Waals surface area (Å²) in [6.07, 6.45) is 0.939. The monoisotopic (exact) mass is 232 g/mol. The van der Waals surface area contributed by atoms with Crippen molar-refractivity contribution in [2.24, 2.45) is 5.92 Å². The van der Waals surface area contributed by atoms with Crippen LogP contribution in [0, 0.1) is 5.92 Å². The third-order valence-corrected chi connectivity index (χ3v) is 2.75. The molecule has 0 bridgehead atoms. The molecule has 0 aliphatic carbocycles. The predicted molar refractivity (Wildman–Crippen MR) is 61.2 cm³/mol. The van der Waals surface area contributed by atoms with Crippen LogP contribution < -0.4 is 0 Å². The van der Waals surface area contributed by atoms with Gasteiger partial charge >= 0.3 is 0 Å². The van der Waals surface area contributed by atoms with Crippen LogP contribution in [0.25, 0.3) is 0 Å². The minimum atomic E-state index is 0.378. The van der Waals surface area contributed by atoms with E-state index in [9.17, 15) is 0 Å². The molecular formula is C11H14Cl2O. The molecule has 0 spiro atoms. The molecule has 1 aromatic rings. The van der Waals surface area contributed by atoms with Gasteiger partial charge < -0.3 is 4.74 Å². The van der Waals surface area contributed by atoms with Gasteiger partial charge in [0.1, 0.15) is 0 Å². The number of alkyl halides is 1. The molecule has 0 heterocycles. The van der Waals surface area contributed by atoms with Gasteiger partial charge in [0, 0.05) is 18.0 Å². The van der Waals surface area contributed by atoms with Crippen molar-refractivity contribution in [2.75, 3.05) is 19.6 Å².